The number of anilines is 1. The Bertz CT molecular complexity index is 1050. The van der Waals surface area contributed by atoms with Crippen LogP contribution in [0.5, 0.6) is 11.5 Å². The number of rotatable bonds is 6. The highest BCUT2D eigenvalue weighted by molar-refractivity contribution is 5.70. The van der Waals surface area contributed by atoms with Crippen LogP contribution in [0.25, 0.3) is 11.4 Å². The number of ether oxygens (including phenoxy) is 2. The Morgan fingerprint density at radius 3 is 2.59 bits per heavy atom. The zero-order valence-corrected chi connectivity index (χ0v) is 18.9. The van der Waals surface area contributed by atoms with Gasteiger partial charge in [0.25, 0.3) is 0 Å². The molecule has 3 heterocycles. The number of piperidine rings is 1. The molecular weight excluding hydrogens is 402 g/mol. The Balaban J connectivity index is 1.56. The number of para-hydroxylation sites is 1. The van der Waals surface area contributed by atoms with Gasteiger partial charge in [0.2, 0.25) is 5.95 Å². The van der Waals surface area contributed by atoms with Crippen molar-refractivity contribution >= 4 is 5.95 Å². The molecule has 0 spiro atoms. The van der Waals surface area contributed by atoms with Gasteiger partial charge in [-0.1, -0.05) is 42.8 Å². The smallest absolute Gasteiger partial charge is 0.227 e. The predicted molar refractivity (Wildman–Crippen MR) is 126 cm³/mol. The Hall–Kier alpha value is -3.06. The third-order valence-electron chi connectivity index (χ3n) is 6.68. The second kappa shape index (κ2) is 9.20. The number of hydrogen-bond donors (Lipinski definition) is 0. The van der Waals surface area contributed by atoms with E-state index in [1.807, 2.05) is 24.3 Å². The van der Waals surface area contributed by atoms with E-state index in [-0.39, 0.29) is 0 Å². The van der Waals surface area contributed by atoms with Crippen molar-refractivity contribution in [2.24, 2.45) is 0 Å². The number of benzene rings is 2. The van der Waals surface area contributed by atoms with Gasteiger partial charge in [-0.3, -0.25) is 9.47 Å². The third-order valence-corrected chi connectivity index (χ3v) is 6.68. The fraction of sp³-hybridized carbons (Fsp3) is 0.440. The molecule has 2 aliphatic rings. The molecule has 2 fully saturated rings. The zero-order chi connectivity index (χ0) is 21.9. The number of nitrogens with zero attached hydrogens (tertiary/aromatic N) is 5. The van der Waals surface area contributed by atoms with Crippen LogP contribution < -0.4 is 14.4 Å². The molecule has 2 saturated heterocycles. The van der Waals surface area contributed by atoms with Gasteiger partial charge in [0.15, 0.2) is 17.3 Å². The summed E-state index contributed by atoms with van der Waals surface area (Å²) in [5.74, 6) is 3.10. The van der Waals surface area contributed by atoms with Crippen molar-refractivity contribution in [1.82, 2.24) is 19.7 Å². The molecule has 3 aromatic rings. The van der Waals surface area contributed by atoms with E-state index >= 15 is 0 Å². The highest BCUT2D eigenvalue weighted by atomic mass is 16.5. The van der Waals surface area contributed by atoms with Gasteiger partial charge in [0, 0.05) is 25.7 Å². The minimum Gasteiger partial charge on any atom is -0.493 e. The van der Waals surface area contributed by atoms with E-state index < -0.39 is 0 Å². The minimum absolute atomic E-state index is 0.606. The van der Waals surface area contributed by atoms with E-state index in [1.54, 1.807) is 14.2 Å². The number of methoxy groups -OCH3 is 2. The summed E-state index contributed by atoms with van der Waals surface area (Å²) in [7, 11) is 3.33. The maximum atomic E-state index is 5.73. The molecule has 168 valence electrons. The lowest BCUT2D eigenvalue weighted by Crippen LogP contribution is -2.55. The predicted octanol–water partition coefficient (Wildman–Crippen LogP) is 3.69. The summed E-state index contributed by atoms with van der Waals surface area (Å²) < 4.78 is 13.5. The maximum Gasteiger partial charge on any atom is 0.227 e. The summed E-state index contributed by atoms with van der Waals surface area (Å²) in [5.41, 5.74) is 2.10. The molecule has 0 bridgehead atoms. The number of piperazine rings is 1. The van der Waals surface area contributed by atoms with Crippen LogP contribution in [0.15, 0.2) is 48.5 Å². The van der Waals surface area contributed by atoms with Crippen molar-refractivity contribution in [1.29, 1.82) is 0 Å². The Labute approximate surface area is 189 Å². The van der Waals surface area contributed by atoms with Crippen molar-refractivity contribution in [3.63, 3.8) is 0 Å². The van der Waals surface area contributed by atoms with Crippen molar-refractivity contribution in [2.75, 3.05) is 45.3 Å². The van der Waals surface area contributed by atoms with Crippen molar-refractivity contribution in [3.8, 4) is 22.9 Å². The molecule has 0 N–H and O–H groups in total. The van der Waals surface area contributed by atoms with Gasteiger partial charge in [-0.2, -0.15) is 0 Å². The van der Waals surface area contributed by atoms with Crippen LogP contribution in [0.1, 0.15) is 24.8 Å². The topological polar surface area (TPSA) is 55.7 Å². The molecule has 0 amide bonds. The summed E-state index contributed by atoms with van der Waals surface area (Å²) in [4.78, 5) is 5.06. The SMILES string of the molecule is COc1cccc(-c2nnc(N3CCN4CCCCC4C3)n2Cc2ccccc2)c1OC. The molecule has 5 rings (SSSR count). The zero-order valence-electron chi connectivity index (χ0n) is 18.9. The summed E-state index contributed by atoms with van der Waals surface area (Å²) in [6, 6.07) is 17.0. The van der Waals surface area contributed by atoms with E-state index in [0.29, 0.717) is 24.1 Å². The van der Waals surface area contributed by atoms with Crippen LogP contribution in [0.4, 0.5) is 5.95 Å². The average molecular weight is 434 g/mol. The summed E-state index contributed by atoms with van der Waals surface area (Å²) >= 11 is 0. The molecule has 0 radical (unpaired) electrons. The maximum absolute atomic E-state index is 5.73. The minimum atomic E-state index is 0.606. The second-order valence-corrected chi connectivity index (χ2v) is 8.57. The van der Waals surface area contributed by atoms with E-state index in [2.05, 4.69) is 43.7 Å². The first kappa shape index (κ1) is 20.8. The third kappa shape index (κ3) is 3.93. The fourth-order valence-electron chi connectivity index (χ4n) is 5.04. The van der Waals surface area contributed by atoms with E-state index in [4.69, 9.17) is 14.6 Å². The van der Waals surface area contributed by atoms with Gasteiger partial charge in [0.1, 0.15) is 0 Å². The van der Waals surface area contributed by atoms with Crippen LogP contribution in [-0.4, -0.2) is 66.1 Å². The molecule has 1 atom stereocenters. The lowest BCUT2D eigenvalue weighted by molar-refractivity contribution is 0.132. The average Bonchev–Trinajstić information content (AvgIpc) is 3.26. The highest BCUT2D eigenvalue weighted by Gasteiger charge is 2.32. The molecule has 2 aromatic carbocycles. The van der Waals surface area contributed by atoms with E-state index in [9.17, 15) is 0 Å². The Morgan fingerprint density at radius 2 is 1.78 bits per heavy atom. The highest BCUT2D eigenvalue weighted by Crippen LogP contribution is 2.38. The van der Waals surface area contributed by atoms with Gasteiger partial charge >= 0.3 is 0 Å². The Kier molecular flexibility index (Phi) is 5.99. The van der Waals surface area contributed by atoms with Crippen molar-refractivity contribution < 1.29 is 9.47 Å². The monoisotopic (exact) mass is 433 g/mol. The fourth-order valence-corrected chi connectivity index (χ4v) is 5.04. The first-order valence-corrected chi connectivity index (χ1v) is 11.5. The number of aromatic nitrogens is 3. The summed E-state index contributed by atoms with van der Waals surface area (Å²) in [6.45, 7) is 4.98. The van der Waals surface area contributed by atoms with Crippen LogP contribution in [0.2, 0.25) is 0 Å². The Morgan fingerprint density at radius 1 is 0.906 bits per heavy atom. The number of hydrogen-bond acceptors (Lipinski definition) is 6. The van der Waals surface area contributed by atoms with E-state index in [0.717, 1.165) is 37.0 Å². The van der Waals surface area contributed by atoms with Gasteiger partial charge in [-0.25, -0.2) is 0 Å². The quantitative estimate of drug-likeness (QED) is 0.591. The van der Waals surface area contributed by atoms with Gasteiger partial charge in [0.05, 0.1) is 26.3 Å². The molecule has 0 saturated carbocycles. The molecule has 32 heavy (non-hydrogen) atoms. The van der Waals surface area contributed by atoms with Crippen molar-refractivity contribution in [3.05, 3.63) is 54.1 Å². The van der Waals surface area contributed by atoms with Gasteiger partial charge in [-0.15, -0.1) is 10.2 Å². The normalized spacial score (nSPS) is 18.9. The molecule has 1 unspecified atom stereocenters. The largest absolute Gasteiger partial charge is 0.493 e. The van der Waals surface area contributed by atoms with Gasteiger partial charge < -0.3 is 14.4 Å². The molecule has 7 nitrogen and oxygen atoms in total. The standard InChI is InChI=1S/C25H31N5O2/c1-31-22-13-8-12-21(23(22)32-2)24-26-27-25(30(24)17-19-9-4-3-5-10-19)29-16-15-28-14-7-6-11-20(28)18-29/h3-5,8-10,12-13,20H,6-7,11,14-18H2,1-2H3. The van der Waals surface area contributed by atoms with Gasteiger partial charge in [-0.05, 0) is 37.1 Å². The summed E-state index contributed by atoms with van der Waals surface area (Å²) in [5, 5.41) is 9.37. The number of fused-ring (bicyclic) bond motifs is 1. The lowest BCUT2D eigenvalue weighted by Gasteiger charge is -2.44. The second-order valence-electron chi connectivity index (χ2n) is 8.57. The van der Waals surface area contributed by atoms with Crippen LogP contribution in [0, 0.1) is 0 Å². The van der Waals surface area contributed by atoms with Crippen LogP contribution in [-0.2, 0) is 6.54 Å². The first-order valence-electron chi connectivity index (χ1n) is 11.5. The van der Waals surface area contributed by atoms with Crippen molar-refractivity contribution in [2.45, 2.75) is 31.8 Å². The van der Waals surface area contributed by atoms with E-state index in [1.165, 1.54) is 31.4 Å². The first-order chi connectivity index (χ1) is 15.8. The molecular formula is C25H31N5O2. The van der Waals surface area contributed by atoms with Crippen LogP contribution in [0.3, 0.4) is 0 Å². The lowest BCUT2D eigenvalue weighted by atomic mass is 10.00. The van der Waals surface area contributed by atoms with Crippen LogP contribution >= 0.6 is 0 Å². The summed E-state index contributed by atoms with van der Waals surface area (Å²) in [6.07, 6.45) is 3.90. The molecule has 2 aliphatic heterocycles. The molecule has 7 heteroatoms. The molecule has 1 aromatic heterocycles. The molecule has 0 aliphatic carbocycles.